The molecule has 1 atom stereocenters. The van der Waals surface area contributed by atoms with Gasteiger partial charge in [-0.05, 0) is 18.1 Å². The number of carboxylic acid groups (broad SMARTS) is 1. The van der Waals surface area contributed by atoms with Gasteiger partial charge in [-0.1, -0.05) is 12.1 Å². The van der Waals surface area contributed by atoms with Crippen molar-refractivity contribution in [3.63, 3.8) is 0 Å². The van der Waals surface area contributed by atoms with Crippen molar-refractivity contribution in [3.05, 3.63) is 29.3 Å². The number of carbonyl (C=O) groups is 1. The van der Waals surface area contributed by atoms with Gasteiger partial charge in [0.1, 0.15) is 12.4 Å². The molecule has 0 aromatic heterocycles. The molecular formula is C11H9F3O3. The Balaban J connectivity index is 2.39. The van der Waals surface area contributed by atoms with Gasteiger partial charge in [-0.25, -0.2) is 0 Å². The highest BCUT2D eigenvalue weighted by Crippen LogP contribution is 2.40. The highest BCUT2D eigenvalue weighted by Gasteiger charge is 2.37. The highest BCUT2D eigenvalue weighted by atomic mass is 19.4. The van der Waals surface area contributed by atoms with Gasteiger partial charge < -0.3 is 9.84 Å². The maximum absolute atomic E-state index is 12.6. The van der Waals surface area contributed by atoms with Gasteiger partial charge in [-0.3, -0.25) is 4.79 Å². The third-order valence-electron chi connectivity index (χ3n) is 2.65. The fourth-order valence-electron chi connectivity index (χ4n) is 1.81. The molecule has 92 valence electrons. The fraction of sp³-hybridized carbons (Fsp3) is 0.364. The number of fused-ring (bicyclic) bond motifs is 1. The second-order valence-corrected chi connectivity index (χ2v) is 3.84. The van der Waals surface area contributed by atoms with Crippen molar-refractivity contribution in [2.45, 2.75) is 12.6 Å². The molecule has 0 bridgehead atoms. The van der Waals surface area contributed by atoms with Gasteiger partial charge in [-0.2, -0.15) is 13.2 Å². The molecule has 1 aliphatic rings. The van der Waals surface area contributed by atoms with Gasteiger partial charge >= 0.3 is 12.1 Å². The van der Waals surface area contributed by atoms with E-state index in [9.17, 15) is 18.0 Å². The van der Waals surface area contributed by atoms with Gasteiger partial charge in [-0.15, -0.1) is 0 Å². The summed E-state index contributed by atoms with van der Waals surface area (Å²) in [5.41, 5.74) is -0.558. The lowest BCUT2D eigenvalue weighted by Crippen LogP contribution is -2.29. The first-order valence-electron chi connectivity index (χ1n) is 4.94. The standard InChI is InChI=1S/C11H9F3O3/c12-11(13,14)8-3-1-2-6-4-7(10(15)16)5-17-9(6)8/h1-3,7H,4-5H2,(H,15,16)/t7-/m1/s1. The molecule has 0 spiro atoms. The second kappa shape index (κ2) is 3.94. The van der Waals surface area contributed by atoms with Crippen molar-refractivity contribution in [2.24, 2.45) is 5.92 Å². The Morgan fingerprint density at radius 2 is 2.12 bits per heavy atom. The molecule has 0 saturated carbocycles. The lowest BCUT2D eigenvalue weighted by atomic mass is 9.95. The predicted molar refractivity (Wildman–Crippen MR) is 51.8 cm³/mol. The number of halogens is 3. The summed E-state index contributed by atoms with van der Waals surface area (Å²) in [7, 11) is 0. The number of ether oxygens (including phenoxy) is 1. The van der Waals surface area contributed by atoms with Gasteiger partial charge in [0.2, 0.25) is 0 Å². The summed E-state index contributed by atoms with van der Waals surface area (Å²) in [5, 5.41) is 8.79. The van der Waals surface area contributed by atoms with Crippen molar-refractivity contribution in [3.8, 4) is 5.75 Å². The summed E-state index contributed by atoms with van der Waals surface area (Å²) in [6.07, 6.45) is -4.42. The molecule has 3 nitrogen and oxygen atoms in total. The lowest BCUT2D eigenvalue weighted by molar-refractivity contribution is -0.143. The molecule has 0 saturated heterocycles. The molecule has 6 heteroatoms. The van der Waals surface area contributed by atoms with E-state index in [4.69, 9.17) is 9.84 Å². The quantitative estimate of drug-likeness (QED) is 0.827. The third-order valence-corrected chi connectivity index (χ3v) is 2.65. The molecule has 0 unspecified atom stereocenters. The average Bonchev–Trinajstić information content (AvgIpc) is 2.26. The van der Waals surface area contributed by atoms with Gasteiger partial charge in [0.25, 0.3) is 0 Å². The Hall–Kier alpha value is -1.72. The van der Waals surface area contributed by atoms with Crippen LogP contribution in [-0.2, 0) is 17.4 Å². The summed E-state index contributed by atoms with van der Waals surface area (Å²) in [6, 6.07) is 3.65. The van der Waals surface area contributed by atoms with Crippen LogP contribution >= 0.6 is 0 Å². The number of aliphatic carboxylic acids is 1. The molecule has 0 radical (unpaired) electrons. The highest BCUT2D eigenvalue weighted by molar-refractivity contribution is 5.71. The second-order valence-electron chi connectivity index (χ2n) is 3.84. The van der Waals surface area contributed by atoms with Crippen LogP contribution in [0.2, 0.25) is 0 Å². The first-order chi connectivity index (χ1) is 7.89. The molecule has 1 heterocycles. The van der Waals surface area contributed by atoms with Gasteiger partial charge in [0.15, 0.2) is 0 Å². The first kappa shape index (κ1) is 11.8. The maximum atomic E-state index is 12.6. The number of rotatable bonds is 1. The minimum atomic E-state index is -4.48. The number of para-hydroxylation sites is 1. The summed E-state index contributed by atoms with van der Waals surface area (Å²) in [4.78, 5) is 10.7. The number of hydrogen-bond acceptors (Lipinski definition) is 2. The zero-order valence-electron chi connectivity index (χ0n) is 8.62. The molecule has 0 aliphatic carbocycles. The number of alkyl halides is 3. The Kier molecular flexibility index (Phi) is 2.73. The Labute approximate surface area is 94.8 Å². The van der Waals surface area contributed by atoms with Crippen LogP contribution in [0, 0.1) is 5.92 Å². The van der Waals surface area contributed by atoms with E-state index in [1.165, 1.54) is 12.1 Å². The van der Waals surface area contributed by atoms with Gasteiger partial charge in [0, 0.05) is 0 Å². The SMILES string of the molecule is O=C(O)[C@H]1COc2c(cccc2C(F)(F)F)C1. The molecule has 1 aromatic rings. The van der Waals surface area contributed by atoms with Crippen LogP contribution in [0.5, 0.6) is 5.75 Å². The zero-order chi connectivity index (χ0) is 12.6. The number of hydrogen-bond donors (Lipinski definition) is 1. The van der Waals surface area contributed by atoms with Crippen LogP contribution in [0.4, 0.5) is 13.2 Å². The van der Waals surface area contributed by atoms with E-state index in [0.29, 0.717) is 5.56 Å². The lowest BCUT2D eigenvalue weighted by Gasteiger charge is -2.25. The van der Waals surface area contributed by atoms with Crippen LogP contribution in [0.3, 0.4) is 0 Å². The minimum absolute atomic E-state index is 0.0641. The van der Waals surface area contributed by atoms with Crippen LogP contribution in [-0.4, -0.2) is 17.7 Å². The van der Waals surface area contributed by atoms with Crippen molar-refractivity contribution in [1.82, 2.24) is 0 Å². The van der Waals surface area contributed by atoms with E-state index < -0.39 is 23.6 Å². The normalized spacial score (nSPS) is 19.4. The third kappa shape index (κ3) is 2.20. The molecule has 1 aromatic carbocycles. The van der Waals surface area contributed by atoms with Crippen LogP contribution in [0.25, 0.3) is 0 Å². The van der Waals surface area contributed by atoms with Crippen molar-refractivity contribution in [1.29, 1.82) is 0 Å². The zero-order valence-corrected chi connectivity index (χ0v) is 8.62. The number of carboxylic acids is 1. The van der Waals surface area contributed by atoms with Crippen LogP contribution in [0.1, 0.15) is 11.1 Å². The smallest absolute Gasteiger partial charge is 0.419 e. The summed E-state index contributed by atoms with van der Waals surface area (Å²) >= 11 is 0. The summed E-state index contributed by atoms with van der Waals surface area (Å²) in [5.74, 6) is -2.09. The van der Waals surface area contributed by atoms with E-state index >= 15 is 0 Å². The van der Waals surface area contributed by atoms with Gasteiger partial charge in [0.05, 0.1) is 11.5 Å². The topological polar surface area (TPSA) is 46.5 Å². The molecule has 1 N–H and O–H groups in total. The Morgan fingerprint density at radius 3 is 2.71 bits per heavy atom. The summed E-state index contributed by atoms with van der Waals surface area (Å²) in [6.45, 7) is -0.227. The molecule has 0 amide bonds. The van der Waals surface area contributed by atoms with E-state index in [-0.39, 0.29) is 18.8 Å². The predicted octanol–water partition coefficient (Wildman–Crippen LogP) is 2.34. The molecule has 1 aliphatic heterocycles. The van der Waals surface area contributed by atoms with Crippen molar-refractivity contribution in [2.75, 3.05) is 6.61 Å². The molecular weight excluding hydrogens is 237 g/mol. The van der Waals surface area contributed by atoms with E-state index in [1.54, 1.807) is 0 Å². The van der Waals surface area contributed by atoms with E-state index in [2.05, 4.69) is 0 Å². The van der Waals surface area contributed by atoms with E-state index in [1.807, 2.05) is 0 Å². The van der Waals surface area contributed by atoms with Crippen molar-refractivity contribution >= 4 is 5.97 Å². The fourth-order valence-corrected chi connectivity index (χ4v) is 1.81. The van der Waals surface area contributed by atoms with Crippen LogP contribution < -0.4 is 4.74 Å². The number of benzene rings is 1. The first-order valence-corrected chi connectivity index (χ1v) is 4.94. The molecule has 2 rings (SSSR count). The van der Waals surface area contributed by atoms with E-state index in [0.717, 1.165) is 6.07 Å². The summed E-state index contributed by atoms with van der Waals surface area (Å²) < 4.78 is 42.9. The largest absolute Gasteiger partial charge is 0.492 e. The maximum Gasteiger partial charge on any atom is 0.419 e. The minimum Gasteiger partial charge on any atom is -0.492 e. The van der Waals surface area contributed by atoms with Crippen molar-refractivity contribution < 1.29 is 27.8 Å². The Morgan fingerprint density at radius 1 is 1.41 bits per heavy atom. The molecule has 17 heavy (non-hydrogen) atoms. The Bertz CT molecular complexity index is 454. The average molecular weight is 246 g/mol. The van der Waals surface area contributed by atoms with Crippen LogP contribution in [0.15, 0.2) is 18.2 Å². The monoisotopic (exact) mass is 246 g/mol. The molecule has 0 fully saturated rings.